The predicted octanol–water partition coefficient (Wildman–Crippen LogP) is 4.29. The Kier molecular flexibility index (Phi) is 5.93. The second-order valence-electron chi connectivity index (χ2n) is 4.13. The van der Waals surface area contributed by atoms with E-state index in [0.717, 1.165) is 18.4 Å². The van der Waals surface area contributed by atoms with Gasteiger partial charge in [0.15, 0.2) is 0 Å². The van der Waals surface area contributed by atoms with Crippen molar-refractivity contribution in [1.82, 2.24) is 4.98 Å². The minimum atomic E-state index is 0.379. The van der Waals surface area contributed by atoms with Crippen molar-refractivity contribution in [2.45, 2.75) is 32.6 Å². The Morgan fingerprint density at radius 1 is 1.44 bits per heavy atom. The van der Waals surface area contributed by atoms with E-state index in [1.165, 1.54) is 0 Å². The van der Waals surface area contributed by atoms with Crippen molar-refractivity contribution in [2.24, 2.45) is 5.92 Å². The summed E-state index contributed by atoms with van der Waals surface area (Å²) in [5.41, 5.74) is 0.859. The van der Waals surface area contributed by atoms with Gasteiger partial charge in [-0.25, -0.2) is 4.98 Å². The van der Waals surface area contributed by atoms with Crippen LogP contribution in [0.1, 0.15) is 32.3 Å². The minimum Gasteiger partial charge on any atom is -0.478 e. The molecular weight excluding hydrogens is 245 g/mol. The Morgan fingerprint density at radius 2 is 2.19 bits per heavy atom. The van der Waals surface area contributed by atoms with E-state index in [-0.39, 0.29) is 0 Å². The van der Waals surface area contributed by atoms with Gasteiger partial charge in [0.2, 0.25) is 5.88 Å². The van der Waals surface area contributed by atoms with Crippen LogP contribution >= 0.6 is 23.2 Å². The summed E-state index contributed by atoms with van der Waals surface area (Å²) in [6.45, 7) is 5.09. The Hall–Kier alpha value is -0.470. The van der Waals surface area contributed by atoms with Gasteiger partial charge in [0.05, 0.1) is 11.6 Å². The molecule has 0 N–H and O–H groups in total. The summed E-state index contributed by atoms with van der Waals surface area (Å²) >= 11 is 11.6. The number of hydrogen-bond acceptors (Lipinski definition) is 2. The molecule has 4 heteroatoms. The molecule has 0 saturated carbocycles. The SMILES string of the molecule is CC(C)CCCOc1cc(CCl)c(Cl)cn1. The molecule has 1 aromatic heterocycles. The minimum absolute atomic E-state index is 0.379. The van der Waals surface area contributed by atoms with Crippen LogP contribution in [0.3, 0.4) is 0 Å². The molecule has 0 aromatic carbocycles. The van der Waals surface area contributed by atoms with E-state index in [9.17, 15) is 0 Å². The Balaban J connectivity index is 2.42. The van der Waals surface area contributed by atoms with Gasteiger partial charge in [0.25, 0.3) is 0 Å². The van der Waals surface area contributed by atoms with Gasteiger partial charge in [-0.05, 0) is 24.3 Å². The fourth-order valence-corrected chi connectivity index (χ4v) is 1.77. The highest BCUT2D eigenvalue weighted by Crippen LogP contribution is 2.21. The van der Waals surface area contributed by atoms with Crippen LogP contribution in [0.2, 0.25) is 5.02 Å². The van der Waals surface area contributed by atoms with Crippen molar-refractivity contribution in [3.8, 4) is 5.88 Å². The molecule has 0 amide bonds. The summed E-state index contributed by atoms with van der Waals surface area (Å²) in [6, 6.07) is 1.80. The van der Waals surface area contributed by atoms with Gasteiger partial charge in [0.1, 0.15) is 0 Å². The highest BCUT2D eigenvalue weighted by molar-refractivity contribution is 6.32. The third kappa shape index (κ3) is 4.58. The topological polar surface area (TPSA) is 22.1 Å². The van der Waals surface area contributed by atoms with Crippen molar-refractivity contribution in [1.29, 1.82) is 0 Å². The van der Waals surface area contributed by atoms with E-state index in [1.54, 1.807) is 12.3 Å². The van der Waals surface area contributed by atoms with Crippen LogP contribution in [0.15, 0.2) is 12.3 Å². The van der Waals surface area contributed by atoms with Gasteiger partial charge in [-0.2, -0.15) is 0 Å². The molecule has 0 fully saturated rings. The maximum atomic E-state index is 5.90. The van der Waals surface area contributed by atoms with E-state index in [1.807, 2.05) is 0 Å². The second-order valence-corrected chi connectivity index (χ2v) is 4.81. The molecule has 16 heavy (non-hydrogen) atoms. The van der Waals surface area contributed by atoms with Crippen LogP contribution in [0.5, 0.6) is 5.88 Å². The van der Waals surface area contributed by atoms with Gasteiger partial charge >= 0.3 is 0 Å². The first-order chi connectivity index (χ1) is 7.63. The van der Waals surface area contributed by atoms with Gasteiger partial charge in [0, 0.05) is 18.1 Å². The lowest BCUT2D eigenvalue weighted by Gasteiger charge is -2.08. The molecule has 0 bridgehead atoms. The Bertz CT molecular complexity index is 329. The van der Waals surface area contributed by atoms with Crippen LogP contribution in [0.4, 0.5) is 0 Å². The highest BCUT2D eigenvalue weighted by atomic mass is 35.5. The van der Waals surface area contributed by atoms with E-state index < -0.39 is 0 Å². The first kappa shape index (κ1) is 13.6. The first-order valence-corrected chi connectivity index (χ1v) is 6.38. The number of nitrogens with zero attached hydrogens (tertiary/aromatic N) is 1. The Labute approximate surface area is 107 Å². The van der Waals surface area contributed by atoms with Crippen LogP contribution in [-0.4, -0.2) is 11.6 Å². The van der Waals surface area contributed by atoms with Crippen molar-refractivity contribution in [2.75, 3.05) is 6.61 Å². The zero-order valence-corrected chi connectivity index (χ0v) is 11.2. The lowest BCUT2D eigenvalue weighted by Crippen LogP contribution is -2.01. The number of hydrogen-bond donors (Lipinski definition) is 0. The lowest BCUT2D eigenvalue weighted by molar-refractivity contribution is 0.287. The summed E-state index contributed by atoms with van der Waals surface area (Å²) < 4.78 is 5.53. The molecular formula is C12H17Cl2NO. The Morgan fingerprint density at radius 3 is 2.81 bits per heavy atom. The van der Waals surface area contributed by atoms with Crippen LogP contribution in [0, 0.1) is 5.92 Å². The quantitative estimate of drug-likeness (QED) is 0.563. The van der Waals surface area contributed by atoms with Crippen molar-refractivity contribution >= 4 is 23.2 Å². The molecule has 1 heterocycles. The molecule has 0 aliphatic rings. The van der Waals surface area contributed by atoms with Crippen molar-refractivity contribution < 1.29 is 4.74 Å². The monoisotopic (exact) mass is 261 g/mol. The molecule has 2 nitrogen and oxygen atoms in total. The number of aromatic nitrogens is 1. The summed E-state index contributed by atoms with van der Waals surface area (Å²) in [4.78, 5) is 4.09. The fourth-order valence-electron chi connectivity index (χ4n) is 1.31. The first-order valence-electron chi connectivity index (χ1n) is 5.46. The van der Waals surface area contributed by atoms with Crippen LogP contribution in [-0.2, 0) is 5.88 Å². The fraction of sp³-hybridized carbons (Fsp3) is 0.583. The van der Waals surface area contributed by atoms with Crippen molar-refractivity contribution in [3.63, 3.8) is 0 Å². The number of halogens is 2. The number of alkyl halides is 1. The number of rotatable bonds is 6. The van der Waals surface area contributed by atoms with E-state index in [4.69, 9.17) is 27.9 Å². The molecule has 0 unspecified atom stereocenters. The third-order valence-corrected chi connectivity index (χ3v) is 2.86. The summed E-state index contributed by atoms with van der Waals surface area (Å²) in [5.74, 6) is 1.69. The maximum Gasteiger partial charge on any atom is 0.213 e. The smallest absolute Gasteiger partial charge is 0.213 e. The predicted molar refractivity (Wildman–Crippen MR) is 68.4 cm³/mol. The van der Waals surface area contributed by atoms with Crippen LogP contribution in [0.25, 0.3) is 0 Å². The van der Waals surface area contributed by atoms with Crippen LogP contribution < -0.4 is 4.74 Å². The largest absolute Gasteiger partial charge is 0.478 e. The number of pyridine rings is 1. The molecule has 90 valence electrons. The number of ether oxygens (including phenoxy) is 1. The zero-order valence-electron chi connectivity index (χ0n) is 9.67. The lowest BCUT2D eigenvalue weighted by atomic mass is 10.1. The maximum absolute atomic E-state index is 5.90. The van der Waals surface area contributed by atoms with E-state index >= 15 is 0 Å². The molecule has 1 rings (SSSR count). The van der Waals surface area contributed by atoms with Gasteiger partial charge in [-0.1, -0.05) is 25.4 Å². The molecule has 0 spiro atoms. The van der Waals surface area contributed by atoms with E-state index in [2.05, 4.69) is 18.8 Å². The highest BCUT2D eigenvalue weighted by Gasteiger charge is 2.03. The van der Waals surface area contributed by atoms with Gasteiger partial charge < -0.3 is 4.74 Å². The second kappa shape index (κ2) is 6.97. The molecule has 0 aliphatic carbocycles. The average molecular weight is 262 g/mol. The standard InChI is InChI=1S/C12H17Cl2NO/c1-9(2)4-3-5-16-12-6-10(7-13)11(14)8-15-12/h6,8-9H,3-5,7H2,1-2H3. The molecule has 0 radical (unpaired) electrons. The molecule has 0 saturated heterocycles. The third-order valence-electron chi connectivity index (χ3n) is 2.23. The summed E-state index contributed by atoms with van der Waals surface area (Å²) in [6.07, 6.45) is 3.78. The van der Waals surface area contributed by atoms with Gasteiger partial charge in [-0.15, -0.1) is 11.6 Å². The van der Waals surface area contributed by atoms with Crippen molar-refractivity contribution in [3.05, 3.63) is 22.8 Å². The van der Waals surface area contributed by atoms with Gasteiger partial charge in [-0.3, -0.25) is 0 Å². The molecule has 0 aliphatic heterocycles. The summed E-state index contributed by atoms with van der Waals surface area (Å²) in [7, 11) is 0. The van der Waals surface area contributed by atoms with E-state index in [0.29, 0.717) is 29.3 Å². The average Bonchev–Trinajstić information content (AvgIpc) is 2.26. The molecule has 1 aromatic rings. The molecule has 0 atom stereocenters. The summed E-state index contributed by atoms with van der Waals surface area (Å²) in [5, 5.41) is 0.588. The normalized spacial score (nSPS) is 10.8. The zero-order chi connectivity index (χ0) is 12.0.